The maximum atomic E-state index is 6.10. The van der Waals surface area contributed by atoms with Crippen LogP contribution in [0.25, 0.3) is 11.5 Å². The molecule has 0 atom stereocenters. The number of amidine groups is 1. The number of hydrogen-bond acceptors (Lipinski definition) is 5. The second kappa shape index (κ2) is 8.40. The van der Waals surface area contributed by atoms with Gasteiger partial charge in [0.15, 0.2) is 6.61 Å². The maximum absolute atomic E-state index is 6.10. The molecule has 0 saturated carbocycles. The van der Waals surface area contributed by atoms with Crippen LogP contribution in [0.4, 0.5) is 0 Å². The Morgan fingerprint density at radius 1 is 1.19 bits per heavy atom. The van der Waals surface area contributed by atoms with Crippen molar-refractivity contribution in [2.75, 3.05) is 7.11 Å². The van der Waals surface area contributed by atoms with E-state index in [1.807, 2.05) is 42.5 Å². The van der Waals surface area contributed by atoms with Gasteiger partial charge in [-0.25, -0.2) is 4.98 Å². The van der Waals surface area contributed by atoms with E-state index in [0.717, 1.165) is 16.9 Å². The predicted molar refractivity (Wildman–Crippen MR) is 100 cm³/mol. The number of halogens is 1. The van der Waals surface area contributed by atoms with Gasteiger partial charge in [0.05, 0.1) is 7.11 Å². The number of hydrogen-bond donors (Lipinski definition) is 1. The molecule has 0 spiro atoms. The first-order valence-corrected chi connectivity index (χ1v) is 8.30. The van der Waals surface area contributed by atoms with Gasteiger partial charge in [-0.05, 0) is 35.9 Å². The minimum Gasteiger partial charge on any atom is -0.497 e. The maximum Gasteiger partial charge on any atom is 0.226 e. The van der Waals surface area contributed by atoms with Gasteiger partial charge in [-0.2, -0.15) is 0 Å². The molecule has 0 fully saturated rings. The molecule has 3 rings (SSSR count). The molecular weight excluding hydrogens is 354 g/mol. The topological polar surface area (TPSA) is 82.9 Å². The standard InChI is InChI=1S/C19H18ClN3O3/c1-24-16-8-6-13(7-9-16)19-22-15(11-25-19)12-26-23-18(21)10-14-4-2-3-5-17(14)20/h2-9,11H,10,12H2,1H3,(H2,21,23). The first-order valence-electron chi connectivity index (χ1n) is 7.92. The summed E-state index contributed by atoms with van der Waals surface area (Å²) >= 11 is 6.10. The van der Waals surface area contributed by atoms with Gasteiger partial charge in [-0.15, -0.1) is 0 Å². The summed E-state index contributed by atoms with van der Waals surface area (Å²) in [5.74, 6) is 1.60. The van der Waals surface area contributed by atoms with Crippen molar-refractivity contribution < 1.29 is 14.0 Å². The molecule has 26 heavy (non-hydrogen) atoms. The SMILES string of the molecule is COc1ccc(-c2nc(CO/N=C(\N)Cc3ccccc3Cl)co2)cc1. The van der Waals surface area contributed by atoms with Crippen molar-refractivity contribution in [1.82, 2.24) is 4.98 Å². The van der Waals surface area contributed by atoms with Gasteiger partial charge in [0.2, 0.25) is 5.89 Å². The molecule has 0 aliphatic heterocycles. The third-order valence-corrected chi connectivity index (χ3v) is 3.98. The molecule has 0 radical (unpaired) electrons. The third-order valence-electron chi connectivity index (χ3n) is 3.61. The molecule has 0 saturated heterocycles. The lowest BCUT2D eigenvalue weighted by Gasteiger charge is -2.03. The number of oxime groups is 1. The number of aromatic nitrogens is 1. The predicted octanol–water partition coefficient (Wildman–Crippen LogP) is 4.04. The Labute approximate surface area is 156 Å². The monoisotopic (exact) mass is 371 g/mol. The summed E-state index contributed by atoms with van der Waals surface area (Å²) in [4.78, 5) is 9.62. The number of rotatable bonds is 7. The molecule has 7 heteroatoms. The Kier molecular flexibility index (Phi) is 5.76. The average Bonchev–Trinajstić information content (AvgIpc) is 3.12. The number of ether oxygens (including phenoxy) is 1. The van der Waals surface area contributed by atoms with E-state index in [2.05, 4.69) is 10.1 Å². The summed E-state index contributed by atoms with van der Waals surface area (Å²) in [6.07, 6.45) is 1.94. The molecule has 134 valence electrons. The molecular formula is C19H18ClN3O3. The van der Waals surface area contributed by atoms with Crippen molar-refractivity contribution in [2.45, 2.75) is 13.0 Å². The quantitative estimate of drug-likeness (QED) is 0.385. The Hall–Kier alpha value is -2.99. The lowest BCUT2D eigenvalue weighted by molar-refractivity contribution is 0.127. The lowest BCUT2D eigenvalue weighted by Crippen LogP contribution is -2.15. The van der Waals surface area contributed by atoms with Crippen LogP contribution in [-0.2, 0) is 17.9 Å². The van der Waals surface area contributed by atoms with Gasteiger partial charge in [0.25, 0.3) is 0 Å². The van der Waals surface area contributed by atoms with Crippen molar-refractivity contribution in [3.8, 4) is 17.2 Å². The smallest absolute Gasteiger partial charge is 0.226 e. The van der Waals surface area contributed by atoms with E-state index < -0.39 is 0 Å². The van der Waals surface area contributed by atoms with E-state index >= 15 is 0 Å². The molecule has 0 unspecified atom stereocenters. The van der Waals surface area contributed by atoms with Crippen LogP contribution < -0.4 is 10.5 Å². The van der Waals surface area contributed by atoms with Crippen LogP contribution in [0, 0.1) is 0 Å². The highest BCUT2D eigenvalue weighted by Gasteiger charge is 2.08. The Morgan fingerprint density at radius 2 is 1.96 bits per heavy atom. The highest BCUT2D eigenvalue weighted by atomic mass is 35.5. The van der Waals surface area contributed by atoms with Crippen LogP contribution >= 0.6 is 11.6 Å². The average molecular weight is 372 g/mol. The summed E-state index contributed by atoms with van der Waals surface area (Å²) in [6.45, 7) is 0.156. The van der Waals surface area contributed by atoms with Gasteiger partial charge >= 0.3 is 0 Å². The molecule has 2 N–H and O–H groups in total. The van der Waals surface area contributed by atoms with Gasteiger partial charge in [0.1, 0.15) is 23.5 Å². The Balaban J connectivity index is 1.56. The second-order valence-corrected chi connectivity index (χ2v) is 5.90. The van der Waals surface area contributed by atoms with Gasteiger partial charge in [0, 0.05) is 17.0 Å². The zero-order valence-electron chi connectivity index (χ0n) is 14.2. The van der Waals surface area contributed by atoms with E-state index in [0.29, 0.717) is 28.9 Å². The number of benzene rings is 2. The minimum atomic E-state index is 0.156. The minimum absolute atomic E-state index is 0.156. The fourth-order valence-electron chi connectivity index (χ4n) is 2.29. The first-order chi connectivity index (χ1) is 12.7. The first kappa shape index (κ1) is 17.8. The largest absolute Gasteiger partial charge is 0.497 e. The number of oxazole rings is 1. The number of nitrogens with zero attached hydrogens (tertiary/aromatic N) is 2. The van der Waals surface area contributed by atoms with Crippen molar-refractivity contribution in [3.05, 3.63) is 71.1 Å². The molecule has 0 bridgehead atoms. The van der Waals surface area contributed by atoms with Crippen LogP contribution in [0.3, 0.4) is 0 Å². The van der Waals surface area contributed by atoms with Crippen molar-refractivity contribution in [2.24, 2.45) is 10.9 Å². The molecule has 0 aliphatic rings. The van der Waals surface area contributed by atoms with Crippen LogP contribution in [0.2, 0.25) is 5.02 Å². The molecule has 1 aromatic heterocycles. The highest BCUT2D eigenvalue weighted by Crippen LogP contribution is 2.22. The fourth-order valence-corrected chi connectivity index (χ4v) is 2.49. The molecule has 6 nitrogen and oxygen atoms in total. The van der Waals surface area contributed by atoms with Crippen LogP contribution in [0.15, 0.2) is 64.4 Å². The van der Waals surface area contributed by atoms with Crippen molar-refractivity contribution in [1.29, 1.82) is 0 Å². The fraction of sp³-hybridized carbons (Fsp3) is 0.158. The van der Waals surface area contributed by atoms with Crippen LogP contribution in [0.1, 0.15) is 11.3 Å². The van der Waals surface area contributed by atoms with Crippen LogP contribution in [0.5, 0.6) is 5.75 Å². The summed E-state index contributed by atoms with van der Waals surface area (Å²) in [6, 6.07) is 14.9. The molecule has 2 aromatic carbocycles. The van der Waals surface area contributed by atoms with E-state index in [9.17, 15) is 0 Å². The van der Waals surface area contributed by atoms with E-state index in [4.69, 9.17) is 31.3 Å². The lowest BCUT2D eigenvalue weighted by atomic mass is 10.1. The Morgan fingerprint density at radius 3 is 2.69 bits per heavy atom. The van der Waals surface area contributed by atoms with E-state index in [1.165, 1.54) is 6.26 Å². The second-order valence-electron chi connectivity index (χ2n) is 5.50. The number of nitrogens with two attached hydrogens (primary N) is 1. The normalized spacial score (nSPS) is 11.4. The number of methoxy groups -OCH3 is 1. The summed E-state index contributed by atoms with van der Waals surface area (Å²) in [5, 5.41) is 4.54. The van der Waals surface area contributed by atoms with Gasteiger partial charge in [-0.1, -0.05) is 35.0 Å². The molecule has 0 amide bonds. The molecule has 0 aliphatic carbocycles. The van der Waals surface area contributed by atoms with E-state index in [1.54, 1.807) is 13.2 Å². The molecule has 3 aromatic rings. The highest BCUT2D eigenvalue weighted by molar-refractivity contribution is 6.31. The van der Waals surface area contributed by atoms with Crippen molar-refractivity contribution >= 4 is 17.4 Å². The van der Waals surface area contributed by atoms with E-state index in [-0.39, 0.29) is 6.61 Å². The summed E-state index contributed by atoms with van der Waals surface area (Å²) in [5.41, 5.74) is 8.23. The third kappa shape index (κ3) is 4.55. The summed E-state index contributed by atoms with van der Waals surface area (Å²) < 4.78 is 10.6. The van der Waals surface area contributed by atoms with Gasteiger partial charge in [-0.3, -0.25) is 0 Å². The molecule has 1 heterocycles. The zero-order chi connectivity index (χ0) is 18.4. The summed E-state index contributed by atoms with van der Waals surface area (Å²) in [7, 11) is 1.62. The van der Waals surface area contributed by atoms with Crippen molar-refractivity contribution in [3.63, 3.8) is 0 Å². The van der Waals surface area contributed by atoms with Gasteiger partial charge < -0.3 is 19.7 Å². The Bertz CT molecular complexity index is 891. The zero-order valence-corrected chi connectivity index (χ0v) is 14.9. The van der Waals surface area contributed by atoms with Crippen LogP contribution in [-0.4, -0.2) is 17.9 Å².